The van der Waals surface area contributed by atoms with Crippen molar-refractivity contribution in [3.8, 4) is 16.9 Å². The summed E-state index contributed by atoms with van der Waals surface area (Å²) in [6.07, 6.45) is -0.743. The number of aromatic amines is 1. The van der Waals surface area contributed by atoms with Crippen LogP contribution in [0.1, 0.15) is 44.6 Å². The number of aromatic nitrogens is 2. The first-order valence-corrected chi connectivity index (χ1v) is 14.3. The Balaban J connectivity index is 1.41. The normalized spacial score (nSPS) is 18.8. The van der Waals surface area contributed by atoms with Gasteiger partial charge in [-0.1, -0.05) is 37.6 Å². The quantitative estimate of drug-likeness (QED) is 0.281. The average molecular weight is 577 g/mol. The van der Waals surface area contributed by atoms with Crippen molar-refractivity contribution in [2.75, 3.05) is 20.2 Å². The second-order valence-electron chi connectivity index (χ2n) is 11.1. The van der Waals surface area contributed by atoms with Crippen LogP contribution in [0.4, 0.5) is 4.79 Å². The molecule has 10 heteroatoms. The highest BCUT2D eigenvalue weighted by Crippen LogP contribution is 2.43. The van der Waals surface area contributed by atoms with Crippen LogP contribution in [-0.4, -0.2) is 69.2 Å². The van der Waals surface area contributed by atoms with Crippen LogP contribution in [0.5, 0.6) is 5.75 Å². The van der Waals surface area contributed by atoms with Gasteiger partial charge >= 0.3 is 6.09 Å². The second kappa shape index (κ2) is 10.5. The lowest BCUT2D eigenvalue weighted by molar-refractivity contribution is -0.139. The number of carbonyl (C=O) groups is 2. The SMILES string of the molecule is CCO[C@H]1C[C@@H](c2nc3c(ccc4cc5c(cc43)OCc3cc(Cl)ccc3-5)[nH]2)N(C(=O)[C@H](C(C)C)N(C)C(=O)O)C1. The Kier molecular flexibility index (Phi) is 7.03. The van der Waals surface area contributed by atoms with Gasteiger partial charge in [0.25, 0.3) is 0 Å². The smallest absolute Gasteiger partial charge is 0.407 e. The second-order valence-corrected chi connectivity index (χ2v) is 11.6. The highest BCUT2D eigenvalue weighted by atomic mass is 35.5. The molecular formula is C31H33ClN4O5. The van der Waals surface area contributed by atoms with Crippen molar-refractivity contribution in [2.24, 2.45) is 5.92 Å². The van der Waals surface area contributed by atoms with Gasteiger partial charge in [-0.3, -0.25) is 9.69 Å². The lowest BCUT2D eigenvalue weighted by atomic mass is 9.94. The van der Waals surface area contributed by atoms with E-state index in [4.69, 9.17) is 26.1 Å². The van der Waals surface area contributed by atoms with Crippen molar-refractivity contribution in [1.29, 1.82) is 0 Å². The molecule has 214 valence electrons. The number of carboxylic acid groups (broad SMARTS) is 1. The monoisotopic (exact) mass is 576 g/mol. The highest BCUT2D eigenvalue weighted by molar-refractivity contribution is 6.30. The number of imidazole rings is 1. The van der Waals surface area contributed by atoms with Gasteiger partial charge in [-0.15, -0.1) is 0 Å². The molecule has 2 aliphatic rings. The van der Waals surface area contributed by atoms with Crippen LogP contribution in [0, 0.1) is 5.92 Å². The molecule has 3 heterocycles. The van der Waals surface area contributed by atoms with Crippen molar-refractivity contribution in [1.82, 2.24) is 19.8 Å². The van der Waals surface area contributed by atoms with E-state index in [2.05, 4.69) is 17.1 Å². The molecular weight excluding hydrogens is 544 g/mol. The molecule has 3 atom stereocenters. The number of hydrogen-bond acceptors (Lipinski definition) is 5. The topological polar surface area (TPSA) is 108 Å². The van der Waals surface area contributed by atoms with Crippen molar-refractivity contribution >= 4 is 45.4 Å². The van der Waals surface area contributed by atoms with Gasteiger partial charge in [0.1, 0.15) is 24.2 Å². The molecule has 1 aromatic heterocycles. The first kappa shape index (κ1) is 27.4. The molecule has 4 aromatic rings. The third-order valence-corrected chi connectivity index (χ3v) is 8.43. The van der Waals surface area contributed by atoms with Crippen LogP contribution in [0.25, 0.3) is 32.9 Å². The molecule has 0 bridgehead atoms. The first-order chi connectivity index (χ1) is 19.7. The standard InChI is InChI=1S/C31H33ClN4O5/c1-5-40-20-12-25(36(14-20)30(37)28(16(2)3)35(4)31(38)39)29-33-24-9-6-17-11-23-21-8-7-19(32)10-18(21)15-41-26(23)13-22(17)27(24)34-29/h6-11,13,16,20,25,28H,5,12,14-15H2,1-4H3,(H,33,34)(H,38,39)/t20-,25-,28-/m0/s1. The Morgan fingerprint density at radius 3 is 2.76 bits per heavy atom. The van der Waals surface area contributed by atoms with Crippen LogP contribution in [0.3, 0.4) is 0 Å². The lowest BCUT2D eigenvalue weighted by Crippen LogP contribution is -2.51. The number of carbonyl (C=O) groups excluding carboxylic acids is 1. The van der Waals surface area contributed by atoms with Gasteiger partial charge in [-0.05, 0) is 59.7 Å². The van der Waals surface area contributed by atoms with Gasteiger partial charge in [0.05, 0.1) is 23.2 Å². The Hall–Kier alpha value is -3.82. The summed E-state index contributed by atoms with van der Waals surface area (Å²) < 4.78 is 12.1. The van der Waals surface area contributed by atoms with E-state index in [0.717, 1.165) is 49.1 Å². The van der Waals surface area contributed by atoms with Crippen molar-refractivity contribution in [3.05, 3.63) is 58.9 Å². The van der Waals surface area contributed by atoms with E-state index >= 15 is 0 Å². The number of hydrogen-bond donors (Lipinski definition) is 2. The maximum Gasteiger partial charge on any atom is 0.407 e. The summed E-state index contributed by atoms with van der Waals surface area (Å²) in [5.74, 6) is 0.989. The molecule has 1 saturated heterocycles. The van der Waals surface area contributed by atoms with Crippen molar-refractivity contribution in [2.45, 2.75) is 52.0 Å². The van der Waals surface area contributed by atoms with E-state index in [0.29, 0.717) is 37.0 Å². The number of H-pyrrole nitrogens is 1. The predicted octanol–water partition coefficient (Wildman–Crippen LogP) is 6.24. The van der Waals surface area contributed by atoms with Gasteiger partial charge in [0.15, 0.2) is 0 Å². The number of halogens is 1. The van der Waals surface area contributed by atoms with E-state index in [1.165, 1.54) is 7.05 Å². The van der Waals surface area contributed by atoms with Crippen LogP contribution >= 0.6 is 11.6 Å². The first-order valence-electron chi connectivity index (χ1n) is 13.9. The van der Waals surface area contributed by atoms with Crippen molar-refractivity contribution < 1.29 is 24.2 Å². The highest BCUT2D eigenvalue weighted by Gasteiger charge is 2.43. The molecule has 1 fully saturated rings. The minimum atomic E-state index is -1.14. The summed E-state index contributed by atoms with van der Waals surface area (Å²) >= 11 is 6.21. The summed E-state index contributed by atoms with van der Waals surface area (Å²) in [7, 11) is 1.44. The number of likely N-dealkylation sites (N-methyl/N-ethyl adjacent to an activating group) is 1. The summed E-state index contributed by atoms with van der Waals surface area (Å²) in [5.41, 5.74) is 4.82. The largest absolute Gasteiger partial charge is 0.488 e. The molecule has 0 radical (unpaired) electrons. The molecule has 0 spiro atoms. The van der Waals surface area contributed by atoms with E-state index < -0.39 is 12.1 Å². The molecule has 0 unspecified atom stereocenters. The maximum absolute atomic E-state index is 13.9. The van der Waals surface area contributed by atoms with Crippen LogP contribution in [0.2, 0.25) is 5.02 Å². The fourth-order valence-electron chi connectivity index (χ4n) is 6.28. The Morgan fingerprint density at radius 2 is 2.02 bits per heavy atom. The van der Waals surface area contributed by atoms with Crippen molar-refractivity contribution in [3.63, 3.8) is 0 Å². The third-order valence-electron chi connectivity index (χ3n) is 8.19. The fraction of sp³-hybridized carbons (Fsp3) is 0.387. The van der Waals surface area contributed by atoms with E-state index in [9.17, 15) is 14.7 Å². The molecule has 0 saturated carbocycles. The van der Waals surface area contributed by atoms with Crippen LogP contribution in [0.15, 0.2) is 42.5 Å². The molecule has 41 heavy (non-hydrogen) atoms. The summed E-state index contributed by atoms with van der Waals surface area (Å²) in [5, 5.41) is 12.3. The number of rotatable bonds is 6. The minimum Gasteiger partial charge on any atom is -0.488 e. The summed E-state index contributed by atoms with van der Waals surface area (Å²) in [6.45, 7) is 6.98. The third kappa shape index (κ3) is 4.77. The van der Waals surface area contributed by atoms with Crippen LogP contribution < -0.4 is 4.74 Å². The fourth-order valence-corrected chi connectivity index (χ4v) is 6.47. The molecule has 2 amide bonds. The molecule has 9 nitrogen and oxygen atoms in total. The number of nitrogens with zero attached hydrogens (tertiary/aromatic N) is 3. The number of amides is 2. The van der Waals surface area contributed by atoms with Crippen LogP contribution in [-0.2, 0) is 16.1 Å². The van der Waals surface area contributed by atoms with E-state index in [1.807, 2.05) is 51.1 Å². The lowest BCUT2D eigenvalue weighted by Gasteiger charge is -2.33. The van der Waals surface area contributed by atoms with E-state index in [1.54, 1.807) is 4.90 Å². The Morgan fingerprint density at radius 1 is 1.22 bits per heavy atom. The molecule has 2 aliphatic heterocycles. The summed E-state index contributed by atoms with van der Waals surface area (Å²) in [4.78, 5) is 37.0. The zero-order valence-electron chi connectivity index (χ0n) is 23.5. The van der Waals surface area contributed by atoms with E-state index in [-0.39, 0.29) is 24.0 Å². The average Bonchev–Trinajstić information content (AvgIpc) is 3.56. The Labute approximate surface area is 243 Å². The number of fused-ring (bicyclic) bond motifs is 6. The number of nitrogens with one attached hydrogen (secondary N) is 1. The Bertz CT molecular complexity index is 1670. The molecule has 3 aromatic carbocycles. The number of benzene rings is 3. The van der Waals surface area contributed by atoms with Gasteiger partial charge in [0, 0.05) is 42.6 Å². The van der Waals surface area contributed by atoms with Gasteiger partial charge < -0.3 is 24.5 Å². The molecule has 6 rings (SSSR count). The zero-order valence-corrected chi connectivity index (χ0v) is 24.2. The number of ether oxygens (including phenoxy) is 2. The number of likely N-dealkylation sites (tertiary alicyclic amines) is 1. The molecule has 0 aliphatic carbocycles. The zero-order chi connectivity index (χ0) is 29.0. The van der Waals surface area contributed by atoms with Gasteiger partial charge in [0.2, 0.25) is 5.91 Å². The maximum atomic E-state index is 13.9. The molecule has 2 N–H and O–H groups in total. The van der Waals surface area contributed by atoms with Gasteiger partial charge in [-0.25, -0.2) is 9.78 Å². The minimum absolute atomic E-state index is 0.171. The summed E-state index contributed by atoms with van der Waals surface area (Å²) in [6, 6.07) is 12.9. The van der Waals surface area contributed by atoms with Gasteiger partial charge in [-0.2, -0.15) is 0 Å². The predicted molar refractivity (Wildman–Crippen MR) is 157 cm³/mol.